The van der Waals surface area contributed by atoms with E-state index < -0.39 is 31.0 Å². The summed E-state index contributed by atoms with van der Waals surface area (Å²) in [6.07, 6.45) is 0. The zero-order chi connectivity index (χ0) is 22.8. The highest BCUT2D eigenvalue weighted by Crippen LogP contribution is 2.32. The zero-order valence-electron chi connectivity index (χ0n) is 17.9. The monoisotopic (exact) mass is 488 g/mol. The molecular weight excluding hydrogens is 460 g/mol. The minimum absolute atomic E-state index is 0.131. The van der Waals surface area contributed by atoms with Crippen molar-refractivity contribution >= 4 is 31.0 Å². The third-order valence-corrected chi connectivity index (χ3v) is 11.0. The second kappa shape index (κ2) is 9.45. The molecule has 0 amide bonds. The van der Waals surface area contributed by atoms with Crippen LogP contribution >= 0.6 is 11.3 Å². The van der Waals surface area contributed by atoms with E-state index in [9.17, 15) is 16.8 Å². The number of methoxy groups -OCH3 is 2. The Morgan fingerprint density at radius 1 is 1.16 bits per heavy atom. The fourth-order valence-corrected chi connectivity index (χ4v) is 9.75. The van der Waals surface area contributed by atoms with Crippen molar-refractivity contribution in [1.82, 2.24) is 10.2 Å². The van der Waals surface area contributed by atoms with Crippen LogP contribution in [0.1, 0.15) is 11.6 Å². The number of likely N-dealkylation sites (N-methyl/N-ethyl adjacent to an activating group) is 1. The number of benzene rings is 1. The molecule has 1 unspecified atom stereocenters. The predicted octanol–water partition coefficient (Wildman–Crippen LogP) is 1.60. The summed E-state index contributed by atoms with van der Waals surface area (Å²) in [4.78, 5) is 1.99. The van der Waals surface area contributed by atoms with Gasteiger partial charge in [0.15, 0.2) is 31.2 Å². The smallest absolute Gasteiger partial charge is 0.193 e. The van der Waals surface area contributed by atoms with E-state index in [-0.39, 0.29) is 21.8 Å². The molecule has 1 aliphatic heterocycles. The van der Waals surface area contributed by atoms with Gasteiger partial charge in [0.1, 0.15) is 4.21 Å². The van der Waals surface area contributed by atoms with Crippen molar-refractivity contribution in [1.29, 1.82) is 0 Å². The summed E-state index contributed by atoms with van der Waals surface area (Å²) in [6.45, 7) is 0.374. The Hall–Kier alpha value is -1.66. The lowest BCUT2D eigenvalue weighted by Crippen LogP contribution is -2.46. The molecule has 1 N–H and O–H groups in total. The average Bonchev–Trinajstić information content (AvgIpc) is 3.36. The molecule has 31 heavy (non-hydrogen) atoms. The number of thiophene rings is 1. The molecule has 3 atom stereocenters. The molecule has 1 aliphatic rings. The van der Waals surface area contributed by atoms with Crippen LogP contribution in [0.25, 0.3) is 0 Å². The van der Waals surface area contributed by atoms with E-state index in [1.54, 1.807) is 25.7 Å². The van der Waals surface area contributed by atoms with Gasteiger partial charge in [-0.2, -0.15) is 0 Å². The number of nitrogens with one attached hydrogen (secondary N) is 1. The van der Waals surface area contributed by atoms with E-state index in [2.05, 4.69) is 5.32 Å². The summed E-state index contributed by atoms with van der Waals surface area (Å²) in [5, 5.41) is 3.90. The maximum Gasteiger partial charge on any atom is 0.193 e. The Kier molecular flexibility index (Phi) is 7.32. The quantitative estimate of drug-likeness (QED) is 0.568. The lowest BCUT2D eigenvalue weighted by Gasteiger charge is -2.28. The highest BCUT2D eigenvalue weighted by molar-refractivity contribution is 7.97. The standard InChI is InChI=1S/C20H28N2O6S3/c1-22(2)16(14-7-8-17(27-3)18(10-14)28-4)11-21-15-12-30(23,24)13-19(15)31(25,26)20-6-5-9-29-20/h5-10,15-16,19,21H,11-13H2,1-4H3/t15-,16?,19-/m0/s1. The van der Waals surface area contributed by atoms with Gasteiger partial charge in [-0.15, -0.1) is 11.3 Å². The van der Waals surface area contributed by atoms with E-state index in [0.29, 0.717) is 18.0 Å². The van der Waals surface area contributed by atoms with Crippen LogP contribution in [0.4, 0.5) is 0 Å². The molecule has 0 saturated carbocycles. The first-order valence-electron chi connectivity index (χ1n) is 9.68. The SMILES string of the molecule is COc1ccc(C(CN[C@H]2CS(=O)(=O)C[C@@H]2S(=O)(=O)c2cccs2)N(C)C)cc1OC. The van der Waals surface area contributed by atoms with Crippen molar-refractivity contribution in [2.45, 2.75) is 21.5 Å². The van der Waals surface area contributed by atoms with Gasteiger partial charge in [0.2, 0.25) is 0 Å². The van der Waals surface area contributed by atoms with E-state index in [4.69, 9.17) is 9.47 Å². The van der Waals surface area contributed by atoms with Crippen molar-refractivity contribution in [2.75, 3.05) is 46.4 Å². The minimum atomic E-state index is -3.74. The number of ether oxygens (including phenoxy) is 2. The van der Waals surface area contributed by atoms with Crippen LogP contribution in [0.3, 0.4) is 0 Å². The highest BCUT2D eigenvalue weighted by Gasteiger charge is 2.46. The molecule has 0 spiro atoms. The van der Waals surface area contributed by atoms with Gasteiger partial charge in [0.25, 0.3) is 0 Å². The van der Waals surface area contributed by atoms with Crippen LogP contribution in [-0.2, 0) is 19.7 Å². The maximum atomic E-state index is 13.1. The van der Waals surface area contributed by atoms with E-state index in [0.717, 1.165) is 16.9 Å². The first-order valence-corrected chi connectivity index (χ1v) is 13.9. The molecule has 172 valence electrons. The van der Waals surface area contributed by atoms with Crippen molar-refractivity contribution < 1.29 is 26.3 Å². The van der Waals surface area contributed by atoms with Crippen molar-refractivity contribution in [3.63, 3.8) is 0 Å². The van der Waals surface area contributed by atoms with Crippen LogP contribution in [-0.4, -0.2) is 79.4 Å². The van der Waals surface area contributed by atoms with E-state index >= 15 is 0 Å². The summed E-state index contributed by atoms with van der Waals surface area (Å²) >= 11 is 1.11. The highest BCUT2D eigenvalue weighted by atomic mass is 32.2. The summed E-state index contributed by atoms with van der Waals surface area (Å²) in [5.41, 5.74) is 0.939. The van der Waals surface area contributed by atoms with Gasteiger partial charge >= 0.3 is 0 Å². The first-order chi connectivity index (χ1) is 14.6. The average molecular weight is 489 g/mol. The van der Waals surface area contributed by atoms with Gasteiger partial charge in [-0.05, 0) is 43.2 Å². The Labute approximate surface area is 188 Å². The number of hydrogen-bond acceptors (Lipinski definition) is 9. The maximum absolute atomic E-state index is 13.1. The molecule has 1 fully saturated rings. The van der Waals surface area contributed by atoms with Crippen molar-refractivity contribution in [3.8, 4) is 11.5 Å². The normalized spacial score (nSPS) is 21.8. The Morgan fingerprint density at radius 2 is 1.87 bits per heavy atom. The molecule has 0 aliphatic carbocycles. The number of rotatable bonds is 9. The summed E-state index contributed by atoms with van der Waals surface area (Å²) in [5.74, 6) is 0.636. The molecule has 2 heterocycles. The first kappa shape index (κ1) is 24.0. The molecule has 11 heteroatoms. The van der Waals surface area contributed by atoms with Crippen LogP contribution in [0.15, 0.2) is 39.9 Å². The van der Waals surface area contributed by atoms with Crippen LogP contribution < -0.4 is 14.8 Å². The molecule has 2 aromatic rings. The van der Waals surface area contributed by atoms with Gasteiger partial charge in [0, 0.05) is 18.6 Å². The molecule has 1 aromatic carbocycles. The summed E-state index contributed by atoms with van der Waals surface area (Å²) < 4.78 is 61.7. The minimum Gasteiger partial charge on any atom is -0.493 e. The van der Waals surface area contributed by atoms with Gasteiger partial charge in [-0.25, -0.2) is 16.8 Å². The third kappa shape index (κ3) is 5.23. The fraction of sp³-hybridized carbons (Fsp3) is 0.500. The number of nitrogens with zero attached hydrogens (tertiary/aromatic N) is 1. The third-order valence-electron chi connectivity index (χ3n) is 5.46. The van der Waals surface area contributed by atoms with Crippen molar-refractivity contribution in [3.05, 3.63) is 41.3 Å². The second-order valence-corrected chi connectivity index (χ2v) is 13.2. The van der Waals surface area contributed by atoms with Gasteiger partial charge in [0.05, 0.1) is 31.0 Å². The molecular formula is C20H28N2O6S3. The van der Waals surface area contributed by atoms with E-state index in [1.165, 1.54) is 6.07 Å². The van der Waals surface area contributed by atoms with Gasteiger partial charge in [-0.3, -0.25) is 0 Å². The molecule has 3 rings (SSSR count). The van der Waals surface area contributed by atoms with Crippen LogP contribution in [0.5, 0.6) is 11.5 Å². The zero-order valence-corrected chi connectivity index (χ0v) is 20.4. The number of hydrogen-bond donors (Lipinski definition) is 1. The molecule has 1 aromatic heterocycles. The fourth-order valence-electron chi connectivity index (χ4n) is 3.81. The molecule has 0 bridgehead atoms. The second-order valence-electron chi connectivity index (χ2n) is 7.70. The Balaban J connectivity index is 1.84. The Morgan fingerprint density at radius 3 is 2.45 bits per heavy atom. The number of sulfone groups is 2. The van der Waals surface area contributed by atoms with Crippen molar-refractivity contribution in [2.24, 2.45) is 0 Å². The Bertz CT molecular complexity index is 1100. The summed E-state index contributed by atoms with van der Waals surface area (Å²) in [7, 11) is -0.248. The predicted molar refractivity (Wildman–Crippen MR) is 122 cm³/mol. The van der Waals surface area contributed by atoms with Crippen LogP contribution in [0, 0.1) is 0 Å². The molecule has 1 saturated heterocycles. The van der Waals surface area contributed by atoms with E-state index in [1.807, 2.05) is 37.2 Å². The van der Waals surface area contributed by atoms with Gasteiger partial charge < -0.3 is 19.7 Å². The lowest BCUT2D eigenvalue weighted by molar-refractivity contribution is 0.280. The lowest BCUT2D eigenvalue weighted by atomic mass is 10.0. The largest absolute Gasteiger partial charge is 0.493 e. The van der Waals surface area contributed by atoms with Gasteiger partial charge in [-0.1, -0.05) is 12.1 Å². The van der Waals surface area contributed by atoms with Crippen LogP contribution in [0.2, 0.25) is 0 Å². The molecule has 0 radical (unpaired) electrons. The summed E-state index contributed by atoms with van der Waals surface area (Å²) in [6, 6.07) is 7.97. The topological polar surface area (TPSA) is 102 Å². The molecule has 8 nitrogen and oxygen atoms in total.